The van der Waals surface area contributed by atoms with Crippen LogP contribution >= 0.6 is 7.75 Å². The molecule has 1 aromatic carbocycles. The van der Waals surface area contributed by atoms with Crippen LogP contribution in [0.2, 0.25) is 0 Å². The van der Waals surface area contributed by atoms with Gasteiger partial charge in [-0.25, -0.2) is 18.5 Å². The van der Waals surface area contributed by atoms with Crippen LogP contribution in [0.5, 0.6) is 5.75 Å². The number of carbonyl (C=O) groups is 3. The number of aromatic nitrogens is 3. The molecule has 3 N–H and O–H groups in total. The number of hydrogen-bond donors (Lipinski definition) is 2. The highest BCUT2D eigenvalue weighted by atomic mass is 31.2. The smallest absolute Gasteiger partial charge is 0.459 e. The summed E-state index contributed by atoms with van der Waals surface area (Å²) in [6.07, 6.45) is -3.64. The van der Waals surface area contributed by atoms with E-state index in [4.69, 9.17) is 33.7 Å². The number of halogens is 1. The maximum Gasteiger partial charge on any atom is 0.459 e. The number of alkyl halides is 1. The van der Waals surface area contributed by atoms with E-state index in [-0.39, 0.29) is 17.3 Å². The minimum absolute atomic E-state index is 0.103. The average Bonchev–Trinajstić information content (AvgIpc) is 3.60. The van der Waals surface area contributed by atoms with Crippen molar-refractivity contribution in [1.82, 2.24) is 19.7 Å². The lowest BCUT2D eigenvalue weighted by atomic mass is 9.95. The molecule has 3 heterocycles. The summed E-state index contributed by atoms with van der Waals surface area (Å²) in [4.78, 5) is 42.8. The third-order valence-electron chi connectivity index (χ3n) is 7.45. The van der Waals surface area contributed by atoms with E-state index < -0.39 is 86.8 Å². The lowest BCUT2D eigenvalue weighted by Crippen LogP contribution is -2.52. The predicted molar refractivity (Wildman–Crippen MR) is 174 cm³/mol. The second-order valence-corrected chi connectivity index (χ2v) is 14.2. The molecule has 0 spiro atoms. The van der Waals surface area contributed by atoms with Gasteiger partial charge in [-0.1, -0.05) is 45.9 Å². The molecule has 6 atom stereocenters. The van der Waals surface area contributed by atoms with Crippen LogP contribution in [0, 0.1) is 11.8 Å². The second kappa shape index (κ2) is 15.6. The minimum atomic E-state index is -4.56. The Kier molecular flexibility index (Phi) is 12.0. The summed E-state index contributed by atoms with van der Waals surface area (Å²) in [5.41, 5.74) is 4.46. The molecule has 268 valence electrons. The van der Waals surface area contributed by atoms with Gasteiger partial charge in [-0.3, -0.25) is 18.9 Å². The number of nitrogens with two attached hydrogens (primary N) is 1. The average molecular weight is 708 g/mol. The van der Waals surface area contributed by atoms with Gasteiger partial charge in [0.2, 0.25) is 0 Å². The molecule has 1 saturated heterocycles. The molecule has 0 radical (unpaired) electrons. The van der Waals surface area contributed by atoms with Gasteiger partial charge in [0, 0.05) is 0 Å². The molecular formula is C32H43FN5O10P. The number of nitrogens with zero attached hydrogens (tertiary/aromatic N) is 3. The van der Waals surface area contributed by atoms with E-state index in [2.05, 4.69) is 15.2 Å². The zero-order chi connectivity index (χ0) is 36.1. The normalized spacial score (nSPS) is 22.6. The Morgan fingerprint density at radius 1 is 1.00 bits per heavy atom. The Morgan fingerprint density at radius 2 is 1.65 bits per heavy atom. The molecule has 2 aromatic heterocycles. The first-order valence-corrected chi connectivity index (χ1v) is 17.3. The molecule has 15 nitrogen and oxygen atoms in total. The largest absolute Gasteiger partial charge is 0.462 e. The third-order valence-corrected chi connectivity index (χ3v) is 9.07. The molecule has 4 rings (SSSR count). The standard InChI is InChI=1S/C32H43FN5O10P/c1-18(2)29(39)45-26-25(23-13-14-24-28(34)35-17-36-38(23)24)47-32(15-33,27(26)46-30(40)19(3)4)16-43-49(42,48-22-11-9-8-10-12-22)37-21(7)31(41)44-20(5)6/h8-14,17-21,25-27H,15-16H2,1-7H3,(H,37,42)(H2,34,35,36)/t21?,25-,26-,27-,32+,49-/m0/s1. The fourth-order valence-electron chi connectivity index (χ4n) is 4.88. The van der Waals surface area contributed by atoms with Crippen molar-refractivity contribution in [3.63, 3.8) is 0 Å². The van der Waals surface area contributed by atoms with Crippen LogP contribution in [0.1, 0.15) is 60.3 Å². The van der Waals surface area contributed by atoms with Crippen LogP contribution in [0.15, 0.2) is 48.8 Å². The molecule has 17 heteroatoms. The molecule has 1 aliphatic heterocycles. The Bertz CT molecular complexity index is 1670. The topological polar surface area (TPSA) is 192 Å². The van der Waals surface area contributed by atoms with Crippen molar-refractivity contribution in [2.24, 2.45) is 11.8 Å². The lowest BCUT2D eigenvalue weighted by molar-refractivity contribution is -0.178. The molecule has 0 bridgehead atoms. The fraction of sp³-hybridized carbons (Fsp3) is 0.531. The summed E-state index contributed by atoms with van der Waals surface area (Å²) < 4.78 is 66.2. The van der Waals surface area contributed by atoms with Crippen LogP contribution in [-0.2, 0) is 42.4 Å². The molecule has 1 unspecified atom stereocenters. The lowest BCUT2D eigenvalue weighted by Gasteiger charge is -2.34. The molecule has 49 heavy (non-hydrogen) atoms. The highest BCUT2D eigenvalue weighted by Gasteiger charge is 2.62. The monoisotopic (exact) mass is 707 g/mol. The zero-order valence-electron chi connectivity index (χ0n) is 28.4. The SMILES string of the molecule is CC(C)OC(=O)C(C)N[P@](=O)(OC[C@@]1(CF)O[C@@H](c2ccc3c(N)ncnn23)[C@H](OC(=O)C(C)C)[C@@H]1OC(=O)C(C)C)Oc1ccccc1. The first kappa shape index (κ1) is 37.7. The molecule has 0 saturated carbocycles. The summed E-state index contributed by atoms with van der Waals surface area (Å²) in [5, 5.41) is 6.78. The molecule has 0 amide bonds. The summed E-state index contributed by atoms with van der Waals surface area (Å²) in [7, 11) is -4.56. The Labute approximate surface area is 283 Å². The number of para-hydroxylation sites is 1. The van der Waals surface area contributed by atoms with E-state index in [9.17, 15) is 18.9 Å². The van der Waals surface area contributed by atoms with Crippen LogP contribution in [-0.4, -0.2) is 75.7 Å². The van der Waals surface area contributed by atoms with Gasteiger partial charge in [0.15, 0.2) is 23.6 Å². The number of carbonyl (C=O) groups excluding carboxylic acids is 3. The maximum absolute atomic E-state index is 15.6. The summed E-state index contributed by atoms with van der Waals surface area (Å²) >= 11 is 0. The van der Waals surface area contributed by atoms with Gasteiger partial charge in [0.1, 0.15) is 36.4 Å². The number of benzene rings is 1. The zero-order valence-corrected chi connectivity index (χ0v) is 29.3. The van der Waals surface area contributed by atoms with Crippen molar-refractivity contribution in [1.29, 1.82) is 0 Å². The Morgan fingerprint density at radius 3 is 2.27 bits per heavy atom. The number of esters is 3. The number of ether oxygens (including phenoxy) is 4. The van der Waals surface area contributed by atoms with Crippen molar-refractivity contribution in [2.75, 3.05) is 19.0 Å². The number of fused-ring (bicyclic) bond motifs is 1. The van der Waals surface area contributed by atoms with E-state index >= 15 is 4.39 Å². The number of anilines is 1. The van der Waals surface area contributed by atoms with Gasteiger partial charge in [-0.2, -0.15) is 10.2 Å². The number of nitrogens with one attached hydrogen (secondary N) is 1. The van der Waals surface area contributed by atoms with Gasteiger partial charge in [-0.15, -0.1) is 0 Å². The van der Waals surface area contributed by atoms with Crippen LogP contribution in [0.3, 0.4) is 0 Å². The first-order chi connectivity index (χ1) is 23.1. The van der Waals surface area contributed by atoms with Crippen molar-refractivity contribution >= 4 is 37.0 Å². The van der Waals surface area contributed by atoms with Gasteiger partial charge < -0.3 is 29.2 Å². The van der Waals surface area contributed by atoms with Crippen molar-refractivity contribution in [3.8, 4) is 5.75 Å². The van der Waals surface area contributed by atoms with Gasteiger partial charge in [0.05, 0.1) is 30.2 Å². The third kappa shape index (κ3) is 8.74. The van der Waals surface area contributed by atoms with Gasteiger partial charge >= 0.3 is 25.7 Å². The predicted octanol–water partition coefficient (Wildman–Crippen LogP) is 4.36. The van der Waals surface area contributed by atoms with Gasteiger partial charge in [-0.05, 0) is 45.0 Å². The van der Waals surface area contributed by atoms with Crippen LogP contribution in [0.4, 0.5) is 10.2 Å². The van der Waals surface area contributed by atoms with E-state index in [0.29, 0.717) is 5.52 Å². The van der Waals surface area contributed by atoms with Crippen molar-refractivity contribution in [2.45, 2.75) is 84.5 Å². The molecule has 3 aromatic rings. The summed E-state index contributed by atoms with van der Waals surface area (Å²) in [6, 6.07) is 9.92. The number of nitrogen functional groups attached to an aromatic ring is 1. The Hall–Kier alpha value is -4.11. The minimum Gasteiger partial charge on any atom is -0.462 e. The van der Waals surface area contributed by atoms with E-state index in [1.807, 2.05) is 0 Å². The number of hydrogen-bond acceptors (Lipinski definition) is 13. The van der Waals surface area contributed by atoms with Gasteiger partial charge in [0.25, 0.3) is 0 Å². The molecule has 1 aliphatic rings. The molecule has 0 aliphatic carbocycles. The highest BCUT2D eigenvalue weighted by molar-refractivity contribution is 7.52. The maximum atomic E-state index is 15.6. The molecular weight excluding hydrogens is 664 g/mol. The second-order valence-electron chi connectivity index (χ2n) is 12.5. The Balaban J connectivity index is 1.79. The van der Waals surface area contributed by atoms with Crippen LogP contribution in [0.25, 0.3) is 5.52 Å². The summed E-state index contributed by atoms with van der Waals surface area (Å²) in [5.74, 6) is -3.26. The van der Waals surface area contributed by atoms with Crippen LogP contribution < -0.4 is 15.3 Å². The first-order valence-electron chi connectivity index (χ1n) is 15.8. The van der Waals surface area contributed by atoms with Crippen molar-refractivity contribution < 1.29 is 51.3 Å². The van der Waals surface area contributed by atoms with E-state index in [1.165, 1.54) is 29.9 Å². The summed E-state index contributed by atoms with van der Waals surface area (Å²) in [6.45, 7) is 8.80. The number of rotatable bonds is 15. The van der Waals surface area contributed by atoms with E-state index in [1.54, 1.807) is 71.9 Å². The fourth-order valence-corrected chi connectivity index (χ4v) is 6.43. The molecule has 1 fully saturated rings. The highest BCUT2D eigenvalue weighted by Crippen LogP contribution is 2.50. The quantitative estimate of drug-likeness (QED) is 0.129. The van der Waals surface area contributed by atoms with E-state index in [0.717, 1.165) is 0 Å². The van der Waals surface area contributed by atoms with Crippen molar-refractivity contribution in [3.05, 3.63) is 54.5 Å².